The quantitative estimate of drug-likeness (QED) is 0.621. The molecule has 0 saturated carbocycles. The lowest BCUT2D eigenvalue weighted by atomic mass is 10.2. The van der Waals surface area contributed by atoms with Gasteiger partial charge in [-0.05, 0) is 24.3 Å². The summed E-state index contributed by atoms with van der Waals surface area (Å²) in [6.07, 6.45) is 2.39. The molecule has 0 bridgehead atoms. The van der Waals surface area contributed by atoms with Crippen LogP contribution < -0.4 is 10.3 Å². The van der Waals surface area contributed by atoms with Crippen molar-refractivity contribution in [2.45, 2.75) is 18.0 Å². The van der Waals surface area contributed by atoms with Gasteiger partial charge < -0.3 is 0 Å². The van der Waals surface area contributed by atoms with Crippen molar-refractivity contribution in [3.05, 3.63) is 51.6 Å². The number of nitrogens with zero attached hydrogens (tertiary/aromatic N) is 3. The number of fused-ring (bicyclic) bond motifs is 1. The summed E-state index contributed by atoms with van der Waals surface area (Å²) in [6, 6.07) is 6.34. The summed E-state index contributed by atoms with van der Waals surface area (Å²) < 4.78 is 27.7. The van der Waals surface area contributed by atoms with Crippen LogP contribution in [0.1, 0.15) is 6.42 Å². The van der Waals surface area contributed by atoms with Crippen LogP contribution >= 0.6 is 15.9 Å². The highest BCUT2D eigenvalue weighted by Gasteiger charge is 2.18. The molecular weight excluding hydrogens is 414 g/mol. The molecule has 9 nitrogen and oxygen atoms in total. The molecule has 0 spiro atoms. The monoisotopic (exact) mass is 425 g/mol. The lowest BCUT2D eigenvalue weighted by Crippen LogP contribution is -2.32. The van der Waals surface area contributed by atoms with E-state index >= 15 is 0 Å². The Bertz CT molecular complexity index is 1090. The Hall–Kier alpha value is -2.53. The van der Waals surface area contributed by atoms with E-state index in [-0.39, 0.29) is 23.6 Å². The first-order valence-electron chi connectivity index (χ1n) is 7.06. The number of amides is 1. The largest absolute Gasteiger partial charge is 0.298 e. The highest BCUT2D eigenvalue weighted by atomic mass is 79.9. The van der Waals surface area contributed by atoms with Crippen LogP contribution in [-0.2, 0) is 21.4 Å². The molecule has 0 aliphatic carbocycles. The summed E-state index contributed by atoms with van der Waals surface area (Å²) >= 11 is 3.29. The number of benzene rings is 1. The number of hydrogen-bond donors (Lipinski definition) is 2. The van der Waals surface area contributed by atoms with Crippen LogP contribution in [0.4, 0.5) is 0 Å². The molecule has 1 amide bonds. The third kappa shape index (κ3) is 3.77. The zero-order chi connectivity index (χ0) is 18.0. The highest BCUT2D eigenvalue weighted by Crippen LogP contribution is 2.14. The Kier molecular flexibility index (Phi) is 4.68. The van der Waals surface area contributed by atoms with E-state index < -0.39 is 15.9 Å². The van der Waals surface area contributed by atoms with Crippen molar-refractivity contribution in [3.8, 4) is 0 Å². The molecule has 0 unspecified atom stereocenters. The fourth-order valence-corrected chi connectivity index (χ4v) is 3.45. The average molecular weight is 426 g/mol. The van der Waals surface area contributed by atoms with Crippen molar-refractivity contribution in [2.75, 3.05) is 0 Å². The van der Waals surface area contributed by atoms with E-state index in [9.17, 15) is 18.0 Å². The number of aryl methyl sites for hydroxylation is 1. The van der Waals surface area contributed by atoms with Crippen molar-refractivity contribution in [1.29, 1.82) is 0 Å². The van der Waals surface area contributed by atoms with E-state index in [0.29, 0.717) is 10.9 Å². The summed E-state index contributed by atoms with van der Waals surface area (Å²) in [5.41, 5.74) is 0.228. The number of aromatic nitrogens is 4. The van der Waals surface area contributed by atoms with Gasteiger partial charge in [-0.1, -0.05) is 15.9 Å². The molecule has 0 aliphatic heterocycles. The topological polar surface area (TPSA) is 127 Å². The number of rotatable bonds is 5. The summed E-state index contributed by atoms with van der Waals surface area (Å²) in [7, 11) is -4.00. The van der Waals surface area contributed by atoms with Gasteiger partial charge >= 0.3 is 0 Å². The van der Waals surface area contributed by atoms with Gasteiger partial charge in [0.25, 0.3) is 15.6 Å². The average Bonchev–Trinajstić information content (AvgIpc) is 3.10. The number of hydrogen-bond acceptors (Lipinski definition) is 6. The van der Waals surface area contributed by atoms with Crippen molar-refractivity contribution in [1.82, 2.24) is 24.5 Å². The molecule has 3 rings (SSSR count). The van der Waals surface area contributed by atoms with Gasteiger partial charge in [0.15, 0.2) is 5.03 Å². The number of sulfonamides is 1. The first kappa shape index (κ1) is 17.3. The van der Waals surface area contributed by atoms with E-state index in [0.717, 1.165) is 4.47 Å². The molecule has 0 radical (unpaired) electrons. The lowest BCUT2D eigenvalue weighted by molar-refractivity contribution is -0.119. The molecule has 0 fully saturated rings. The van der Waals surface area contributed by atoms with Gasteiger partial charge in [-0.25, -0.2) is 9.71 Å². The van der Waals surface area contributed by atoms with Crippen molar-refractivity contribution < 1.29 is 13.2 Å². The minimum absolute atomic E-state index is 0.00137. The summed E-state index contributed by atoms with van der Waals surface area (Å²) in [6.45, 7) is -0.00137. The molecule has 25 heavy (non-hydrogen) atoms. The Morgan fingerprint density at radius 1 is 1.32 bits per heavy atom. The van der Waals surface area contributed by atoms with Crippen molar-refractivity contribution in [2.24, 2.45) is 0 Å². The van der Waals surface area contributed by atoms with E-state index in [1.54, 1.807) is 18.2 Å². The summed E-state index contributed by atoms with van der Waals surface area (Å²) in [4.78, 5) is 28.4. The molecule has 2 N–H and O–H groups in total. The summed E-state index contributed by atoms with van der Waals surface area (Å²) in [5.74, 6) is -0.740. The molecule has 0 atom stereocenters. The van der Waals surface area contributed by atoms with Crippen LogP contribution in [0.15, 0.2) is 51.1 Å². The zero-order valence-electron chi connectivity index (χ0n) is 12.6. The molecule has 3 aromatic rings. The maximum absolute atomic E-state index is 12.4. The third-order valence-corrected chi connectivity index (χ3v) is 5.17. The second-order valence-corrected chi connectivity index (χ2v) is 7.67. The van der Waals surface area contributed by atoms with Gasteiger partial charge in [0.05, 0.1) is 23.4 Å². The highest BCUT2D eigenvalue weighted by molar-refractivity contribution is 9.10. The number of carbonyl (C=O) groups is 1. The normalized spacial score (nSPS) is 11.6. The molecule has 0 saturated heterocycles. The molecule has 11 heteroatoms. The number of H-pyrrole nitrogens is 1. The maximum Gasteiger partial charge on any atom is 0.280 e. The van der Waals surface area contributed by atoms with Crippen LogP contribution in [-0.4, -0.2) is 34.1 Å². The first-order chi connectivity index (χ1) is 11.9. The molecule has 0 aliphatic rings. The van der Waals surface area contributed by atoms with Gasteiger partial charge in [0.1, 0.15) is 0 Å². The fourth-order valence-electron chi connectivity index (χ4n) is 2.16. The third-order valence-electron chi connectivity index (χ3n) is 3.38. The van der Waals surface area contributed by atoms with E-state index in [1.165, 1.54) is 23.2 Å². The second-order valence-electron chi connectivity index (χ2n) is 5.10. The van der Waals surface area contributed by atoms with Crippen LogP contribution in [0, 0.1) is 0 Å². The number of carbonyl (C=O) groups excluding carboxylic acids is 1. The van der Waals surface area contributed by atoms with Crippen LogP contribution in [0.25, 0.3) is 10.9 Å². The Morgan fingerprint density at radius 2 is 2.12 bits per heavy atom. The van der Waals surface area contributed by atoms with Gasteiger partial charge in [0, 0.05) is 17.4 Å². The maximum atomic E-state index is 12.4. The Balaban J connectivity index is 1.73. The SMILES string of the molecule is O=C(CCn1cnc2ccc(Br)cc2c1=O)NS(=O)(=O)c1ccn[nH]1. The Labute approximate surface area is 150 Å². The molecule has 1 aromatic carbocycles. The predicted octanol–water partition coefficient (Wildman–Crippen LogP) is 0.777. The van der Waals surface area contributed by atoms with Gasteiger partial charge in [0.2, 0.25) is 5.91 Å². The standard InChI is InChI=1S/C14H12BrN5O4S/c15-9-1-2-11-10(7-9)14(22)20(8-16-11)6-4-12(21)19-25(23,24)13-3-5-17-18-13/h1-3,5,7-8H,4,6H2,(H,17,18)(H,19,21). The molecule has 2 aromatic heterocycles. The zero-order valence-corrected chi connectivity index (χ0v) is 15.0. The van der Waals surface area contributed by atoms with Crippen molar-refractivity contribution in [3.63, 3.8) is 0 Å². The van der Waals surface area contributed by atoms with E-state index in [4.69, 9.17) is 0 Å². The van der Waals surface area contributed by atoms with Crippen molar-refractivity contribution >= 4 is 42.8 Å². The number of nitrogens with one attached hydrogen (secondary N) is 2. The van der Waals surface area contributed by atoms with Crippen LogP contribution in [0.3, 0.4) is 0 Å². The number of aromatic amines is 1. The minimum atomic E-state index is -4.00. The predicted molar refractivity (Wildman–Crippen MR) is 92.2 cm³/mol. The van der Waals surface area contributed by atoms with Gasteiger partial charge in [-0.15, -0.1) is 0 Å². The van der Waals surface area contributed by atoms with Gasteiger partial charge in [-0.2, -0.15) is 13.5 Å². The number of halogens is 1. The fraction of sp³-hybridized carbons (Fsp3) is 0.143. The molecular formula is C14H12BrN5O4S. The van der Waals surface area contributed by atoms with Gasteiger partial charge in [-0.3, -0.25) is 19.3 Å². The molecule has 130 valence electrons. The smallest absolute Gasteiger partial charge is 0.280 e. The van der Waals surface area contributed by atoms with E-state index in [1.807, 2.05) is 4.72 Å². The van der Waals surface area contributed by atoms with E-state index in [2.05, 4.69) is 31.1 Å². The first-order valence-corrected chi connectivity index (χ1v) is 9.34. The summed E-state index contributed by atoms with van der Waals surface area (Å²) in [5, 5.41) is 5.98. The lowest BCUT2D eigenvalue weighted by Gasteiger charge is -2.08. The second kappa shape index (κ2) is 6.76. The van der Waals surface area contributed by atoms with Crippen LogP contribution in [0.5, 0.6) is 0 Å². The van der Waals surface area contributed by atoms with Crippen LogP contribution in [0.2, 0.25) is 0 Å². The minimum Gasteiger partial charge on any atom is -0.298 e. The Morgan fingerprint density at radius 3 is 2.84 bits per heavy atom. The molecule has 2 heterocycles.